The van der Waals surface area contributed by atoms with Crippen LogP contribution in [0.4, 0.5) is 0 Å². The maximum atomic E-state index is 13.1. The van der Waals surface area contributed by atoms with Gasteiger partial charge in [-0.05, 0) is 31.0 Å². The van der Waals surface area contributed by atoms with E-state index >= 15 is 0 Å². The summed E-state index contributed by atoms with van der Waals surface area (Å²) in [7, 11) is 0. The highest BCUT2D eigenvalue weighted by molar-refractivity contribution is 5.96. The fourth-order valence-electron chi connectivity index (χ4n) is 3.82. The molecule has 0 fully saturated rings. The summed E-state index contributed by atoms with van der Waals surface area (Å²) in [6, 6.07) is 6.93. The van der Waals surface area contributed by atoms with E-state index in [0.717, 1.165) is 32.1 Å². The van der Waals surface area contributed by atoms with Crippen LogP contribution >= 0.6 is 0 Å². The minimum Gasteiger partial charge on any atom is -0.352 e. The summed E-state index contributed by atoms with van der Waals surface area (Å²) in [6.07, 6.45) is 10.1. The molecule has 3 rings (SSSR count). The Bertz CT molecular complexity index is 1160. The van der Waals surface area contributed by atoms with Crippen molar-refractivity contribution in [2.75, 3.05) is 6.54 Å². The van der Waals surface area contributed by atoms with E-state index < -0.39 is 0 Å². The lowest BCUT2D eigenvalue weighted by Crippen LogP contribution is -2.35. The van der Waals surface area contributed by atoms with Crippen LogP contribution in [0, 0.1) is 5.41 Å². The molecule has 0 atom stereocenters. The molecule has 0 bridgehead atoms. The molecule has 3 heterocycles. The topological polar surface area (TPSA) is 92.2 Å². The van der Waals surface area contributed by atoms with Crippen LogP contribution in [-0.4, -0.2) is 26.4 Å². The number of nitrogens with one attached hydrogen (secondary N) is 2. The van der Waals surface area contributed by atoms with Crippen molar-refractivity contribution in [3.63, 3.8) is 0 Å². The van der Waals surface area contributed by atoms with Gasteiger partial charge in [0.2, 0.25) is 0 Å². The molecular formula is C24H33N5O2. The Labute approximate surface area is 182 Å². The molecule has 0 unspecified atom stereocenters. The molecule has 3 aromatic heterocycles. The summed E-state index contributed by atoms with van der Waals surface area (Å²) < 4.78 is 3.20. The van der Waals surface area contributed by atoms with Crippen molar-refractivity contribution in [2.45, 2.75) is 71.8 Å². The lowest BCUT2D eigenvalue weighted by molar-refractivity contribution is 0.0950. The summed E-state index contributed by atoms with van der Waals surface area (Å²) in [5, 5.41) is 12.0. The summed E-state index contributed by atoms with van der Waals surface area (Å²) in [5.74, 6) is -0.302. The highest BCUT2D eigenvalue weighted by atomic mass is 16.1. The van der Waals surface area contributed by atoms with Crippen LogP contribution < -0.4 is 16.4 Å². The summed E-state index contributed by atoms with van der Waals surface area (Å²) in [6.45, 7) is 5.42. The van der Waals surface area contributed by atoms with Gasteiger partial charge in [-0.2, -0.15) is 0 Å². The predicted octanol–water partition coefficient (Wildman–Crippen LogP) is 4.02. The lowest BCUT2D eigenvalue weighted by Gasteiger charge is -2.14. The van der Waals surface area contributed by atoms with Gasteiger partial charge in [0.15, 0.2) is 0 Å². The van der Waals surface area contributed by atoms with Crippen molar-refractivity contribution in [3.8, 4) is 0 Å². The lowest BCUT2D eigenvalue weighted by atomic mass is 10.1. The molecule has 0 saturated heterocycles. The summed E-state index contributed by atoms with van der Waals surface area (Å²) >= 11 is 0. The zero-order valence-corrected chi connectivity index (χ0v) is 18.6. The number of rotatable bonds is 11. The number of nitrogens with zero attached hydrogens (tertiary/aromatic N) is 3. The second kappa shape index (κ2) is 10.9. The first-order valence-corrected chi connectivity index (χ1v) is 11.5. The first-order valence-electron chi connectivity index (χ1n) is 11.5. The molecule has 0 aliphatic carbocycles. The number of aryl methyl sites for hydroxylation is 1. The first-order chi connectivity index (χ1) is 15.1. The third-order valence-electron chi connectivity index (χ3n) is 5.61. The SMILES string of the molecule is CCCCCCCNC(=O)c1cc2c(=O)n3ccccc3nc2n(CCCCC)c1=N. The Morgan fingerprint density at radius 2 is 1.81 bits per heavy atom. The van der Waals surface area contributed by atoms with Crippen molar-refractivity contribution in [2.24, 2.45) is 0 Å². The van der Waals surface area contributed by atoms with Crippen LogP contribution in [0.1, 0.15) is 75.6 Å². The number of carbonyl (C=O) groups is 1. The molecule has 0 spiro atoms. The Balaban J connectivity index is 1.99. The first kappa shape index (κ1) is 22.7. The van der Waals surface area contributed by atoms with Crippen LogP contribution in [0.5, 0.6) is 0 Å². The van der Waals surface area contributed by atoms with Gasteiger partial charge in [-0.3, -0.25) is 19.4 Å². The number of pyridine rings is 2. The molecule has 166 valence electrons. The molecule has 2 N–H and O–H groups in total. The molecular weight excluding hydrogens is 390 g/mol. The molecule has 0 aliphatic heterocycles. The maximum absolute atomic E-state index is 13.1. The molecule has 0 aliphatic rings. The number of aromatic nitrogens is 3. The largest absolute Gasteiger partial charge is 0.352 e. The minimum absolute atomic E-state index is 0.110. The molecule has 3 aromatic rings. The van der Waals surface area contributed by atoms with E-state index in [1.165, 1.54) is 29.7 Å². The standard InChI is InChI=1S/C24H33N5O2/c1-3-5-7-8-10-14-26-23(30)18-17-19-22(29(21(18)25)16-11-6-4-2)27-20-13-9-12-15-28(20)24(19)31/h9,12-13,15,17,25H,3-8,10-11,14,16H2,1-2H3,(H,26,30). The third kappa shape index (κ3) is 5.21. The summed E-state index contributed by atoms with van der Waals surface area (Å²) in [4.78, 5) is 30.7. The van der Waals surface area contributed by atoms with Gasteiger partial charge in [0.05, 0.1) is 10.9 Å². The molecule has 0 aromatic carbocycles. The molecule has 0 saturated carbocycles. The minimum atomic E-state index is -0.302. The van der Waals surface area contributed by atoms with Crippen LogP contribution in [0.2, 0.25) is 0 Å². The zero-order valence-electron chi connectivity index (χ0n) is 18.6. The van der Waals surface area contributed by atoms with Crippen molar-refractivity contribution in [1.29, 1.82) is 5.41 Å². The normalized spacial score (nSPS) is 11.3. The van der Waals surface area contributed by atoms with Crippen molar-refractivity contribution < 1.29 is 4.79 Å². The van der Waals surface area contributed by atoms with Gasteiger partial charge < -0.3 is 9.88 Å². The average molecular weight is 424 g/mol. The predicted molar refractivity (Wildman–Crippen MR) is 123 cm³/mol. The molecule has 1 amide bonds. The Morgan fingerprint density at radius 3 is 2.58 bits per heavy atom. The highest BCUT2D eigenvalue weighted by Crippen LogP contribution is 2.12. The number of unbranched alkanes of at least 4 members (excludes halogenated alkanes) is 6. The fraction of sp³-hybridized carbons (Fsp3) is 0.500. The maximum Gasteiger partial charge on any atom is 0.267 e. The molecule has 0 radical (unpaired) electrons. The van der Waals surface area contributed by atoms with Crippen molar-refractivity contribution in [3.05, 3.63) is 51.9 Å². The zero-order chi connectivity index (χ0) is 22.2. The quantitative estimate of drug-likeness (QED) is 0.360. The van der Waals surface area contributed by atoms with Crippen molar-refractivity contribution >= 4 is 22.6 Å². The number of amides is 1. The van der Waals surface area contributed by atoms with E-state index in [2.05, 4.69) is 24.1 Å². The molecule has 31 heavy (non-hydrogen) atoms. The average Bonchev–Trinajstić information content (AvgIpc) is 2.78. The number of fused-ring (bicyclic) bond motifs is 2. The van der Waals surface area contributed by atoms with Gasteiger partial charge >= 0.3 is 0 Å². The van der Waals surface area contributed by atoms with Gasteiger partial charge in [-0.15, -0.1) is 0 Å². The van der Waals surface area contributed by atoms with Crippen LogP contribution in [0.25, 0.3) is 16.7 Å². The van der Waals surface area contributed by atoms with Gasteiger partial charge in [0.1, 0.15) is 16.8 Å². The number of carbonyl (C=O) groups excluding carboxylic acids is 1. The van der Waals surface area contributed by atoms with Gasteiger partial charge in [-0.1, -0.05) is 58.4 Å². The molecule has 7 nitrogen and oxygen atoms in total. The Hall–Kier alpha value is -2.96. The van der Waals surface area contributed by atoms with E-state index in [1.54, 1.807) is 22.9 Å². The second-order valence-electron chi connectivity index (χ2n) is 8.02. The van der Waals surface area contributed by atoms with Gasteiger partial charge in [0.25, 0.3) is 11.5 Å². The molecule has 7 heteroatoms. The smallest absolute Gasteiger partial charge is 0.267 e. The van der Waals surface area contributed by atoms with E-state index in [1.807, 2.05) is 6.07 Å². The monoisotopic (exact) mass is 423 g/mol. The number of hydrogen-bond donors (Lipinski definition) is 2. The summed E-state index contributed by atoms with van der Waals surface area (Å²) in [5.41, 5.74) is 1.12. The fourth-order valence-corrected chi connectivity index (χ4v) is 3.82. The van der Waals surface area contributed by atoms with Crippen LogP contribution in [0.15, 0.2) is 35.3 Å². The number of hydrogen-bond acceptors (Lipinski definition) is 4. The van der Waals surface area contributed by atoms with Gasteiger partial charge in [0, 0.05) is 19.3 Å². The van der Waals surface area contributed by atoms with Crippen LogP contribution in [-0.2, 0) is 6.54 Å². The highest BCUT2D eigenvalue weighted by Gasteiger charge is 2.17. The second-order valence-corrected chi connectivity index (χ2v) is 8.02. The van der Waals surface area contributed by atoms with E-state index in [-0.39, 0.29) is 22.5 Å². The Kier molecular flexibility index (Phi) is 7.98. The van der Waals surface area contributed by atoms with E-state index in [0.29, 0.717) is 29.8 Å². The van der Waals surface area contributed by atoms with Crippen molar-refractivity contribution in [1.82, 2.24) is 19.3 Å². The van der Waals surface area contributed by atoms with E-state index in [4.69, 9.17) is 5.41 Å². The third-order valence-corrected chi connectivity index (χ3v) is 5.61. The van der Waals surface area contributed by atoms with Gasteiger partial charge in [-0.25, -0.2) is 4.98 Å². The Morgan fingerprint density at radius 1 is 1.06 bits per heavy atom. The van der Waals surface area contributed by atoms with E-state index in [9.17, 15) is 9.59 Å². The van der Waals surface area contributed by atoms with Crippen LogP contribution in [0.3, 0.4) is 0 Å².